The highest BCUT2D eigenvalue weighted by molar-refractivity contribution is 6.12. The third kappa shape index (κ3) is 2.80. The Balaban J connectivity index is 1.74. The van der Waals surface area contributed by atoms with Crippen LogP contribution in [-0.4, -0.2) is 18.4 Å². The summed E-state index contributed by atoms with van der Waals surface area (Å²) in [5.74, 6) is -0.366. The van der Waals surface area contributed by atoms with Gasteiger partial charge in [-0.25, -0.2) is 4.79 Å². The second-order valence-corrected chi connectivity index (χ2v) is 5.93. The Morgan fingerprint density at radius 1 is 0.920 bits per heavy atom. The number of hydrogen-bond acceptors (Lipinski definition) is 2. The molecule has 0 atom stereocenters. The van der Waals surface area contributed by atoms with Crippen molar-refractivity contribution in [2.24, 2.45) is 0 Å². The van der Waals surface area contributed by atoms with Crippen LogP contribution in [0.15, 0.2) is 72.8 Å². The van der Waals surface area contributed by atoms with E-state index in [0.717, 1.165) is 27.2 Å². The van der Waals surface area contributed by atoms with Crippen LogP contribution in [0.3, 0.4) is 0 Å². The minimum atomic E-state index is -0.366. The number of carbonyl (C=O) groups is 1. The van der Waals surface area contributed by atoms with Crippen LogP contribution >= 0.6 is 0 Å². The van der Waals surface area contributed by atoms with E-state index in [2.05, 4.69) is 12.1 Å². The molecule has 0 saturated heterocycles. The lowest BCUT2D eigenvalue weighted by Crippen LogP contribution is -2.12. The molecule has 4 aromatic rings. The summed E-state index contributed by atoms with van der Waals surface area (Å²) in [4.78, 5) is 12.6. The summed E-state index contributed by atoms with van der Waals surface area (Å²) in [5, 5.41) is 3.18. The highest BCUT2D eigenvalue weighted by Crippen LogP contribution is 2.28. The normalized spacial score (nSPS) is 11.0. The fourth-order valence-electron chi connectivity index (χ4n) is 3.19. The molecule has 3 aromatic carbocycles. The highest BCUT2D eigenvalue weighted by atomic mass is 16.5. The van der Waals surface area contributed by atoms with E-state index in [4.69, 9.17) is 12.6 Å². The van der Waals surface area contributed by atoms with E-state index in [1.54, 1.807) is 0 Å². The van der Waals surface area contributed by atoms with Gasteiger partial charge in [0.15, 0.2) is 0 Å². The van der Waals surface area contributed by atoms with E-state index in [0.29, 0.717) is 5.69 Å². The fraction of sp³-hybridized carbons (Fsp3) is 0.0952. The molecule has 0 aliphatic heterocycles. The average molecular weight is 325 g/mol. The Morgan fingerprint density at radius 3 is 2.44 bits per heavy atom. The Morgan fingerprint density at radius 2 is 1.64 bits per heavy atom. The first-order valence-electron chi connectivity index (χ1n) is 8.20. The number of aromatic nitrogens is 1. The molecular weight excluding hydrogens is 309 g/mol. The number of nitrogens with zero attached hydrogens (tertiary/aromatic N) is 1. The van der Waals surface area contributed by atoms with Crippen LogP contribution < -0.4 is 0 Å². The lowest BCUT2D eigenvalue weighted by Gasteiger charge is -2.10. The van der Waals surface area contributed by atoms with Crippen molar-refractivity contribution in [3.63, 3.8) is 0 Å². The molecule has 1 aromatic heterocycles. The fourth-order valence-corrected chi connectivity index (χ4v) is 3.19. The number of esters is 1. The van der Waals surface area contributed by atoms with Crippen LogP contribution in [0, 0.1) is 0 Å². The number of carbonyl (C=O) groups excluding carboxylic acids is 1. The Kier molecular flexibility index (Phi) is 4.02. The first-order valence-corrected chi connectivity index (χ1v) is 8.20. The largest absolute Gasteiger partial charge is 0.456 e. The van der Waals surface area contributed by atoms with Crippen LogP contribution in [0.2, 0.25) is 0 Å². The summed E-state index contributed by atoms with van der Waals surface area (Å²) in [6.07, 6.45) is 0.216. The number of ether oxygens (including phenoxy) is 1. The molecule has 0 amide bonds. The third-order valence-electron chi connectivity index (χ3n) is 4.39. The van der Waals surface area contributed by atoms with E-state index in [1.165, 1.54) is 0 Å². The van der Waals surface area contributed by atoms with Crippen molar-refractivity contribution in [3.8, 4) is 0 Å². The quantitative estimate of drug-likeness (QED) is 0.414. The van der Waals surface area contributed by atoms with Crippen molar-refractivity contribution >= 4 is 35.5 Å². The van der Waals surface area contributed by atoms with Gasteiger partial charge in [-0.2, -0.15) is 0 Å². The Hall–Kier alpha value is -3.01. The predicted octanol–water partition coefficient (Wildman–Crippen LogP) is 4.28. The lowest BCUT2D eigenvalue weighted by atomic mass is 10.1. The summed E-state index contributed by atoms with van der Waals surface area (Å²) in [7, 11) is 5.95. The molecule has 0 unspecified atom stereocenters. The van der Waals surface area contributed by atoms with Gasteiger partial charge in [0, 0.05) is 10.8 Å². The molecule has 0 aliphatic rings. The second kappa shape index (κ2) is 6.48. The molecule has 0 bridgehead atoms. The molecule has 120 valence electrons. The van der Waals surface area contributed by atoms with Gasteiger partial charge in [0.25, 0.3) is 0 Å². The minimum absolute atomic E-state index is 0.216. The van der Waals surface area contributed by atoms with Gasteiger partial charge in [-0.05, 0) is 23.5 Å². The maximum atomic E-state index is 12.6. The van der Waals surface area contributed by atoms with Crippen LogP contribution in [0.5, 0.6) is 0 Å². The molecular formula is C21H16BNO2. The summed E-state index contributed by atoms with van der Waals surface area (Å²) in [6.45, 7) is 0.243. The number of benzene rings is 3. The van der Waals surface area contributed by atoms with E-state index in [1.807, 2.05) is 65.2 Å². The molecule has 0 aliphatic carbocycles. The Labute approximate surface area is 147 Å². The molecule has 0 fully saturated rings. The molecule has 0 N–H and O–H groups in total. The zero-order chi connectivity index (χ0) is 17.2. The van der Waals surface area contributed by atoms with Gasteiger partial charge in [0.1, 0.15) is 12.3 Å². The second-order valence-electron chi connectivity index (χ2n) is 5.93. The monoisotopic (exact) mass is 325 g/mol. The first kappa shape index (κ1) is 15.5. The number of rotatable bonds is 4. The molecule has 4 rings (SSSR count). The SMILES string of the molecule is [B]Cn1c(C(=O)OCc2ccccc2)cc2ccc3ccccc3c21. The van der Waals surface area contributed by atoms with Gasteiger partial charge in [0.2, 0.25) is 0 Å². The van der Waals surface area contributed by atoms with E-state index in [9.17, 15) is 4.79 Å². The maximum absolute atomic E-state index is 12.6. The molecule has 3 nitrogen and oxygen atoms in total. The molecule has 2 radical (unpaired) electrons. The third-order valence-corrected chi connectivity index (χ3v) is 4.39. The minimum Gasteiger partial charge on any atom is -0.456 e. The number of fused-ring (bicyclic) bond motifs is 3. The van der Waals surface area contributed by atoms with Crippen LogP contribution in [0.25, 0.3) is 21.7 Å². The highest BCUT2D eigenvalue weighted by Gasteiger charge is 2.17. The molecule has 0 spiro atoms. The summed E-state index contributed by atoms with van der Waals surface area (Å²) < 4.78 is 7.31. The van der Waals surface area contributed by atoms with Crippen LogP contribution in [-0.2, 0) is 17.8 Å². The van der Waals surface area contributed by atoms with Gasteiger partial charge in [-0.1, -0.05) is 66.7 Å². The first-order chi connectivity index (χ1) is 12.3. The lowest BCUT2D eigenvalue weighted by molar-refractivity contribution is 0.0462. The summed E-state index contributed by atoms with van der Waals surface area (Å²) >= 11 is 0. The van der Waals surface area contributed by atoms with Crippen molar-refractivity contribution in [1.29, 1.82) is 0 Å². The van der Waals surface area contributed by atoms with Crippen molar-refractivity contribution in [1.82, 2.24) is 4.57 Å². The van der Waals surface area contributed by atoms with Gasteiger partial charge < -0.3 is 9.30 Å². The van der Waals surface area contributed by atoms with E-state index >= 15 is 0 Å². The number of hydrogen-bond donors (Lipinski definition) is 0. The van der Waals surface area contributed by atoms with Crippen LogP contribution in [0.4, 0.5) is 0 Å². The zero-order valence-electron chi connectivity index (χ0n) is 13.7. The molecule has 4 heteroatoms. The summed E-state index contributed by atoms with van der Waals surface area (Å²) in [6, 6.07) is 23.6. The predicted molar refractivity (Wildman–Crippen MR) is 101 cm³/mol. The van der Waals surface area contributed by atoms with E-state index < -0.39 is 0 Å². The standard InChI is InChI=1S/C21H16BNO2/c22-14-23-19(21(24)25-13-15-6-2-1-3-7-15)12-17-11-10-16-8-4-5-9-18(16)20(17)23/h1-12H,13-14H2. The maximum Gasteiger partial charge on any atom is 0.355 e. The van der Waals surface area contributed by atoms with Gasteiger partial charge in [-0.3, -0.25) is 0 Å². The smallest absolute Gasteiger partial charge is 0.355 e. The van der Waals surface area contributed by atoms with Crippen molar-refractivity contribution < 1.29 is 9.53 Å². The average Bonchev–Trinajstić information content (AvgIpc) is 3.06. The summed E-state index contributed by atoms with van der Waals surface area (Å²) in [5.41, 5.74) is 2.40. The van der Waals surface area contributed by atoms with Gasteiger partial charge in [-0.15, -0.1) is 0 Å². The zero-order valence-corrected chi connectivity index (χ0v) is 13.7. The van der Waals surface area contributed by atoms with Gasteiger partial charge in [0.05, 0.1) is 13.4 Å². The van der Waals surface area contributed by atoms with Crippen molar-refractivity contribution in [2.75, 3.05) is 0 Å². The van der Waals surface area contributed by atoms with E-state index in [-0.39, 0.29) is 19.0 Å². The van der Waals surface area contributed by atoms with Crippen molar-refractivity contribution in [2.45, 2.75) is 13.1 Å². The van der Waals surface area contributed by atoms with Crippen molar-refractivity contribution in [3.05, 3.63) is 84.1 Å². The molecule has 1 heterocycles. The molecule has 0 saturated carbocycles. The molecule has 25 heavy (non-hydrogen) atoms. The van der Waals surface area contributed by atoms with Crippen LogP contribution in [0.1, 0.15) is 16.1 Å². The Bertz CT molecular complexity index is 1050. The van der Waals surface area contributed by atoms with Gasteiger partial charge >= 0.3 is 5.97 Å². The topological polar surface area (TPSA) is 31.2 Å².